The number of carbonyl (C=O) groups is 1. The number of rotatable bonds is 2. The molecule has 9 nitrogen and oxygen atoms in total. The van der Waals surface area contributed by atoms with Gasteiger partial charge in [0, 0.05) is 18.0 Å². The van der Waals surface area contributed by atoms with Crippen molar-refractivity contribution in [1.82, 2.24) is 4.31 Å². The van der Waals surface area contributed by atoms with Crippen LogP contribution in [-0.2, 0) is 21.4 Å². The summed E-state index contributed by atoms with van der Waals surface area (Å²) in [6, 6.07) is 16.6. The minimum atomic E-state index is -3.90. The molecule has 3 unspecified atom stereocenters. The number of hydrogen-bond acceptors (Lipinski definition) is 5. The van der Waals surface area contributed by atoms with Gasteiger partial charge in [-0.25, -0.2) is 8.42 Å². The van der Waals surface area contributed by atoms with Gasteiger partial charge in [0.05, 0.1) is 11.1 Å². The smallest absolute Gasteiger partial charge is 0.310 e. The second-order valence-corrected chi connectivity index (χ2v) is 13.1. The number of carboxylic acid groups (broad SMARTS) is 1. The first-order valence-electron chi connectivity index (χ1n) is 13.0. The van der Waals surface area contributed by atoms with Gasteiger partial charge in [-0.05, 0) is 75.2 Å². The number of nitrogens with zero attached hydrogens (tertiary/aromatic N) is 3. The monoisotopic (exact) mass is 548 g/mol. The maximum Gasteiger partial charge on any atom is 0.310 e. The zero-order chi connectivity index (χ0) is 27.9. The van der Waals surface area contributed by atoms with Crippen molar-refractivity contribution in [2.24, 2.45) is 5.41 Å². The van der Waals surface area contributed by atoms with E-state index in [-0.39, 0.29) is 18.0 Å². The van der Waals surface area contributed by atoms with Crippen LogP contribution in [0.4, 0.5) is 11.4 Å². The molecule has 0 saturated heterocycles. The molecule has 6 bridgehead atoms. The van der Waals surface area contributed by atoms with Crippen molar-refractivity contribution in [1.29, 1.82) is 0 Å². The zero-order valence-electron chi connectivity index (χ0n) is 22.6. The number of anilines is 1. The lowest BCUT2D eigenvalue weighted by atomic mass is 9.69. The summed E-state index contributed by atoms with van der Waals surface area (Å²) in [4.78, 5) is 12.8. The Morgan fingerprint density at radius 3 is 2.62 bits per heavy atom. The molecule has 2 N–H and O–H groups in total. The van der Waals surface area contributed by atoms with Crippen LogP contribution < -0.4 is 14.8 Å². The molecular weight excluding hydrogens is 516 g/mol. The number of nitrogens with one attached hydrogen (secondary N) is 1. The van der Waals surface area contributed by atoms with E-state index >= 15 is 0 Å². The predicted octanol–water partition coefficient (Wildman–Crippen LogP) is 3.64. The Balaban J connectivity index is 1.67. The average Bonchev–Trinajstić information content (AvgIpc) is 3.17. The van der Waals surface area contributed by atoms with Crippen LogP contribution in [0.2, 0.25) is 0 Å². The van der Waals surface area contributed by atoms with Gasteiger partial charge in [0.15, 0.2) is 5.69 Å². The van der Waals surface area contributed by atoms with Gasteiger partial charge in [-0.1, -0.05) is 36.4 Å². The number of aryl methyl sites for hydroxylation is 1. The van der Waals surface area contributed by atoms with Gasteiger partial charge in [0.1, 0.15) is 17.2 Å². The topological polar surface area (TPSA) is 106 Å². The highest BCUT2D eigenvalue weighted by atomic mass is 32.2. The van der Waals surface area contributed by atoms with E-state index in [0.29, 0.717) is 10.8 Å². The summed E-state index contributed by atoms with van der Waals surface area (Å²) in [5, 5.41) is 12.8. The molecule has 3 aromatic carbocycles. The highest BCUT2D eigenvalue weighted by molar-refractivity contribution is 7.89. The number of sulfonamides is 1. The van der Waals surface area contributed by atoms with E-state index in [4.69, 9.17) is 10.3 Å². The van der Waals surface area contributed by atoms with Crippen molar-refractivity contribution in [3.63, 3.8) is 0 Å². The third kappa shape index (κ3) is 3.85. The molecule has 39 heavy (non-hydrogen) atoms. The molecule has 0 radical (unpaired) electrons. The minimum absolute atomic E-state index is 0.0838. The molecule has 3 aromatic rings. The van der Waals surface area contributed by atoms with Gasteiger partial charge in [0.25, 0.3) is 0 Å². The fourth-order valence-electron chi connectivity index (χ4n) is 6.11. The zero-order valence-corrected chi connectivity index (χ0v) is 23.4. The third-order valence-electron chi connectivity index (χ3n) is 8.40. The Morgan fingerprint density at radius 1 is 1.13 bits per heavy atom. The van der Waals surface area contributed by atoms with Gasteiger partial charge in [-0.15, -0.1) is 0 Å². The molecule has 3 aliphatic heterocycles. The van der Waals surface area contributed by atoms with Crippen molar-refractivity contribution < 1.29 is 28.1 Å². The third-order valence-corrected chi connectivity index (χ3v) is 10.2. The summed E-state index contributed by atoms with van der Waals surface area (Å²) >= 11 is 0. The lowest BCUT2D eigenvalue weighted by Gasteiger charge is -2.37. The summed E-state index contributed by atoms with van der Waals surface area (Å²) in [5.41, 5.74) is 9.82. The first-order valence-corrected chi connectivity index (χ1v) is 14.4. The molecule has 3 heterocycles. The van der Waals surface area contributed by atoms with Crippen LogP contribution in [0.5, 0.6) is 5.75 Å². The van der Waals surface area contributed by atoms with E-state index < -0.39 is 33.6 Å². The lowest BCUT2D eigenvalue weighted by Crippen LogP contribution is -3.09. The second kappa shape index (κ2) is 8.79. The summed E-state index contributed by atoms with van der Waals surface area (Å²) in [6.07, 6.45) is -0.671. The predicted molar refractivity (Wildman–Crippen MR) is 146 cm³/mol. The van der Waals surface area contributed by atoms with E-state index in [0.717, 1.165) is 39.2 Å². The molecule has 0 aromatic heterocycles. The normalized spacial score (nSPS) is 25.0. The van der Waals surface area contributed by atoms with Crippen molar-refractivity contribution in [3.05, 3.63) is 87.9 Å². The molecule has 0 saturated carbocycles. The number of ether oxygens (including phenoxy) is 1. The van der Waals surface area contributed by atoms with Crippen LogP contribution in [-0.4, -0.2) is 43.6 Å². The van der Waals surface area contributed by atoms with Crippen LogP contribution in [0.15, 0.2) is 59.5 Å². The largest absolute Gasteiger partial charge is 0.481 e. The SMILES string of the molecule is Cc1ccc2cc1CN1C[C@H](Oc3ccccc3S1(=O)=O)[NH+]1[N-]N(C)c3ccc(c(C)c31)C2C(C)(C)C(=O)O. The average molecular weight is 549 g/mol. The second-order valence-electron chi connectivity index (χ2n) is 11.2. The number of fused-ring (bicyclic) bond motifs is 7. The van der Waals surface area contributed by atoms with Crippen LogP contribution in [0.3, 0.4) is 0 Å². The fraction of sp³-hybridized carbons (Fsp3) is 0.345. The Labute approximate surface area is 228 Å². The Hall–Kier alpha value is -3.44. The maximum atomic E-state index is 14.0. The summed E-state index contributed by atoms with van der Waals surface area (Å²) in [7, 11) is -2.05. The number of quaternary nitrogens is 1. The van der Waals surface area contributed by atoms with E-state index in [9.17, 15) is 18.3 Å². The molecule has 0 spiro atoms. The van der Waals surface area contributed by atoms with E-state index in [1.54, 1.807) is 43.1 Å². The van der Waals surface area contributed by atoms with E-state index in [2.05, 4.69) is 0 Å². The number of para-hydroxylation sites is 1. The summed E-state index contributed by atoms with van der Waals surface area (Å²) < 4.78 is 35.9. The van der Waals surface area contributed by atoms with Gasteiger partial charge in [-0.2, -0.15) is 4.31 Å². The van der Waals surface area contributed by atoms with Crippen molar-refractivity contribution in [3.8, 4) is 5.75 Å². The lowest BCUT2D eigenvalue weighted by molar-refractivity contribution is -0.840. The molecule has 204 valence electrons. The van der Waals surface area contributed by atoms with Crippen molar-refractivity contribution in [2.45, 2.75) is 51.3 Å². The van der Waals surface area contributed by atoms with Gasteiger partial charge >= 0.3 is 5.97 Å². The van der Waals surface area contributed by atoms with Gasteiger partial charge in [-0.3, -0.25) is 4.79 Å². The van der Waals surface area contributed by atoms with Crippen LogP contribution in [0.25, 0.3) is 5.53 Å². The van der Waals surface area contributed by atoms with E-state index in [1.807, 2.05) is 51.2 Å². The number of hydrogen-bond donors (Lipinski definition) is 2. The van der Waals surface area contributed by atoms with Crippen LogP contribution in [0, 0.1) is 19.3 Å². The molecule has 0 amide bonds. The van der Waals surface area contributed by atoms with Gasteiger partial charge < -0.3 is 25.4 Å². The van der Waals surface area contributed by atoms with Crippen LogP contribution in [0.1, 0.15) is 47.6 Å². The number of benzene rings is 3. The molecule has 0 fully saturated rings. The molecule has 3 aliphatic rings. The van der Waals surface area contributed by atoms with E-state index in [1.165, 1.54) is 4.31 Å². The fourth-order valence-corrected chi connectivity index (χ4v) is 7.65. The summed E-state index contributed by atoms with van der Waals surface area (Å²) in [5.74, 6) is -1.10. The minimum Gasteiger partial charge on any atom is -0.481 e. The quantitative estimate of drug-likeness (QED) is 0.507. The molecule has 4 atom stereocenters. The van der Waals surface area contributed by atoms with Crippen molar-refractivity contribution >= 4 is 27.4 Å². The first-order chi connectivity index (χ1) is 18.4. The highest BCUT2D eigenvalue weighted by Crippen LogP contribution is 2.47. The number of aliphatic carboxylic acids is 1. The maximum absolute atomic E-state index is 14.0. The Morgan fingerprint density at radius 2 is 1.87 bits per heavy atom. The highest BCUT2D eigenvalue weighted by Gasteiger charge is 2.44. The molecule has 10 heteroatoms. The van der Waals surface area contributed by atoms with Gasteiger partial charge in [0.2, 0.25) is 16.3 Å². The standard InChI is InChI=1S/C29H32N4O5S/c1-17-10-11-19-14-20(17)15-32-16-25(38-23-8-6-7-9-24(23)39(32,36)37)33-27-18(2)21(12-13-22(27)31(5)30-33)26(19)29(3,4)28(34)35/h6-14,25-26,33H,15-16H2,1-5H3,(H,34,35)/t25-,26?/m0/s1. The Kier molecular flexibility index (Phi) is 5.82. The summed E-state index contributed by atoms with van der Waals surface area (Å²) in [6.45, 7) is 7.63. The number of carboxylic acids is 1. The molecular formula is C29H32N4O5S. The molecule has 6 rings (SSSR count). The van der Waals surface area contributed by atoms with Crippen molar-refractivity contribution in [2.75, 3.05) is 18.6 Å². The Bertz CT molecular complexity index is 1620. The molecule has 0 aliphatic carbocycles. The van der Waals surface area contributed by atoms with Crippen LogP contribution >= 0.6 is 0 Å². The first kappa shape index (κ1) is 25.8.